The minimum Gasteiger partial charge on any atom is -0.324 e. The molecular weight excluding hydrogens is 379 g/mol. The molecule has 0 saturated carbocycles. The first-order valence-electron chi connectivity index (χ1n) is 9.06. The van der Waals surface area contributed by atoms with E-state index in [9.17, 15) is 14.0 Å². The average molecular weight is 397 g/mol. The number of carbonyl (C=O) groups excluding carboxylic acids is 2. The second-order valence-corrected chi connectivity index (χ2v) is 7.20. The number of nitrogens with zero attached hydrogens (tertiary/aromatic N) is 2. The molecule has 1 fully saturated rings. The van der Waals surface area contributed by atoms with Gasteiger partial charge in [-0.25, -0.2) is 4.39 Å². The molecule has 1 heterocycles. The molecule has 0 atom stereocenters. The maximum absolute atomic E-state index is 13.6. The van der Waals surface area contributed by atoms with Crippen LogP contribution in [0.2, 0.25) is 5.02 Å². The zero-order chi connectivity index (χ0) is 19.7. The van der Waals surface area contributed by atoms with Crippen molar-refractivity contribution in [2.24, 2.45) is 0 Å². The second-order valence-electron chi connectivity index (χ2n) is 6.80. The number of amides is 2. The third-order valence-electron chi connectivity index (χ3n) is 4.94. The molecule has 0 unspecified atom stereocenters. The van der Waals surface area contributed by atoms with Crippen LogP contribution in [0.4, 0.5) is 10.1 Å². The summed E-state index contributed by atoms with van der Waals surface area (Å²) in [5.74, 6) is -0.821. The summed E-state index contributed by atoms with van der Waals surface area (Å²) in [5, 5.41) is 1.91. The molecule has 1 aliphatic rings. The summed E-state index contributed by atoms with van der Waals surface area (Å²) in [5.41, 5.74) is 0.940. The fraction of sp³-hybridized carbons (Fsp3) is 0.182. The van der Waals surface area contributed by atoms with Crippen molar-refractivity contribution < 1.29 is 14.0 Å². The highest BCUT2D eigenvalue weighted by atomic mass is 35.5. The molecule has 0 N–H and O–H groups in total. The largest absolute Gasteiger partial charge is 0.324 e. The van der Waals surface area contributed by atoms with Crippen molar-refractivity contribution in [3.05, 3.63) is 77.1 Å². The van der Waals surface area contributed by atoms with Gasteiger partial charge in [-0.3, -0.25) is 14.5 Å². The number of benzene rings is 3. The van der Waals surface area contributed by atoms with Gasteiger partial charge in [0.1, 0.15) is 12.5 Å². The van der Waals surface area contributed by atoms with Crippen molar-refractivity contribution in [1.29, 1.82) is 0 Å². The fourth-order valence-corrected chi connectivity index (χ4v) is 3.59. The molecule has 3 aromatic rings. The molecule has 4 nitrogen and oxygen atoms in total. The van der Waals surface area contributed by atoms with Gasteiger partial charge in [0.25, 0.3) is 5.91 Å². The Hall–Kier alpha value is -2.92. The molecule has 3 aromatic carbocycles. The molecule has 0 aromatic heterocycles. The van der Waals surface area contributed by atoms with Crippen LogP contribution in [0, 0.1) is 5.82 Å². The Bertz CT molecular complexity index is 1070. The van der Waals surface area contributed by atoms with Crippen LogP contribution >= 0.6 is 11.6 Å². The van der Waals surface area contributed by atoms with Gasteiger partial charge in [-0.15, -0.1) is 0 Å². The predicted molar refractivity (Wildman–Crippen MR) is 108 cm³/mol. The molecule has 4 rings (SSSR count). The monoisotopic (exact) mass is 396 g/mol. The Morgan fingerprint density at radius 3 is 2.57 bits per heavy atom. The van der Waals surface area contributed by atoms with E-state index in [1.165, 1.54) is 23.1 Å². The predicted octanol–water partition coefficient (Wildman–Crippen LogP) is 4.86. The van der Waals surface area contributed by atoms with E-state index in [2.05, 4.69) is 0 Å². The lowest BCUT2D eigenvalue weighted by atomic mass is 10.1. The second kappa shape index (κ2) is 7.60. The number of hydrogen-bond acceptors (Lipinski definition) is 2. The van der Waals surface area contributed by atoms with Crippen molar-refractivity contribution in [1.82, 2.24) is 4.90 Å². The number of carbonyl (C=O) groups is 2. The molecule has 142 valence electrons. The Balaban J connectivity index is 1.72. The summed E-state index contributed by atoms with van der Waals surface area (Å²) in [7, 11) is 0. The van der Waals surface area contributed by atoms with Gasteiger partial charge >= 0.3 is 0 Å². The third-order valence-corrected chi connectivity index (χ3v) is 5.23. The number of rotatable bonds is 4. The van der Waals surface area contributed by atoms with Crippen LogP contribution in [0.15, 0.2) is 60.7 Å². The maximum Gasteiger partial charge on any atom is 0.259 e. The Morgan fingerprint density at radius 2 is 1.86 bits per heavy atom. The highest BCUT2D eigenvalue weighted by Gasteiger charge is 2.27. The summed E-state index contributed by atoms with van der Waals surface area (Å²) in [6.45, 7) is 0.696. The highest BCUT2D eigenvalue weighted by Crippen LogP contribution is 2.26. The Morgan fingerprint density at radius 1 is 1.07 bits per heavy atom. The molecule has 28 heavy (non-hydrogen) atoms. The van der Waals surface area contributed by atoms with E-state index in [-0.39, 0.29) is 23.5 Å². The Kier molecular flexibility index (Phi) is 5.01. The molecule has 0 aliphatic carbocycles. The van der Waals surface area contributed by atoms with E-state index in [0.717, 1.165) is 17.2 Å². The Labute approximate surface area is 167 Å². The van der Waals surface area contributed by atoms with Gasteiger partial charge in [0.05, 0.1) is 5.02 Å². The van der Waals surface area contributed by atoms with Crippen molar-refractivity contribution in [2.75, 3.05) is 18.1 Å². The fourth-order valence-electron chi connectivity index (χ4n) is 3.42. The normalized spacial score (nSPS) is 13.9. The molecule has 0 spiro atoms. The van der Waals surface area contributed by atoms with Crippen LogP contribution in [0.5, 0.6) is 0 Å². The van der Waals surface area contributed by atoms with E-state index >= 15 is 0 Å². The molecule has 1 saturated heterocycles. The first kappa shape index (κ1) is 18.4. The van der Waals surface area contributed by atoms with Gasteiger partial charge in [0.15, 0.2) is 0 Å². The molecule has 1 aliphatic heterocycles. The zero-order valence-corrected chi connectivity index (χ0v) is 15.8. The van der Waals surface area contributed by atoms with Crippen LogP contribution in [0.1, 0.15) is 23.2 Å². The van der Waals surface area contributed by atoms with Gasteiger partial charge < -0.3 is 4.90 Å². The van der Waals surface area contributed by atoms with Gasteiger partial charge in [0, 0.05) is 24.2 Å². The molecule has 6 heteroatoms. The van der Waals surface area contributed by atoms with Gasteiger partial charge in [-0.1, -0.05) is 41.9 Å². The van der Waals surface area contributed by atoms with Crippen molar-refractivity contribution in [3.63, 3.8) is 0 Å². The average Bonchev–Trinajstić information content (AvgIpc) is 3.12. The van der Waals surface area contributed by atoms with Crippen molar-refractivity contribution >= 4 is 39.9 Å². The van der Waals surface area contributed by atoms with Crippen LogP contribution in [-0.4, -0.2) is 29.9 Å². The van der Waals surface area contributed by atoms with E-state index in [4.69, 9.17) is 11.6 Å². The minimum atomic E-state index is -0.555. The lowest BCUT2D eigenvalue weighted by Crippen LogP contribution is -2.42. The molecule has 0 radical (unpaired) electrons. The third kappa shape index (κ3) is 3.58. The standard InChI is InChI=1S/C22H18ClFN2O2/c23-19-13-18(9-10-20(19)24)26(14-25-11-3-6-21(25)27)22(28)17-8-7-15-4-1-2-5-16(15)12-17/h1-2,4-5,7-10,12-13H,3,6,11,14H2. The summed E-state index contributed by atoms with van der Waals surface area (Å²) in [6, 6.07) is 17.4. The van der Waals surface area contributed by atoms with Crippen molar-refractivity contribution in [2.45, 2.75) is 12.8 Å². The lowest BCUT2D eigenvalue weighted by Gasteiger charge is -2.28. The van der Waals surface area contributed by atoms with Crippen LogP contribution in [0.3, 0.4) is 0 Å². The summed E-state index contributed by atoms with van der Waals surface area (Å²) in [4.78, 5) is 28.5. The number of fused-ring (bicyclic) bond motifs is 1. The smallest absolute Gasteiger partial charge is 0.259 e. The van der Waals surface area contributed by atoms with Crippen LogP contribution in [-0.2, 0) is 4.79 Å². The number of halogens is 2. The van der Waals surface area contributed by atoms with Crippen LogP contribution in [0.25, 0.3) is 10.8 Å². The maximum atomic E-state index is 13.6. The number of hydrogen-bond donors (Lipinski definition) is 0. The molecule has 2 amide bonds. The van der Waals surface area contributed by atoms with Gasteiger partial charge in [-0.05, 0) is 47.5 Å². The summed E-state index contributed by atoms with van der Waals surface area (Å²) in [6.07, 6.45) is 1.24. The summed E-state index contributed by atoms with van der Waals surface area (Å²) < 4.78 is 13.6. The molecule has 0 bridgehead atoms. The van der Waals surface area contributed by atoms with E-state index in [1.54, 1.807) is 11.0 Å². The first-order chi connectivity index (χ1) is 13.5. The highest BCUT2D eigenvalue weighted by molar-refractivity contribution is 6.31. The van der Waals surface area contributed by atoms with Gasteiger partial charge in [0.2, 0.25) is 5.91 Å². The first-order valence-corrected chi connectivity index (χ1v) is 9.44. The van der Waals surface area contributed by atoms with Crippen LogP contribution < -0.4 is 4.90 Å². The lowest BCUT2D eigenvalue weighted by molar-refractivity contribution is -0.127. The molecular formula is C22H18ClFN2O2. The quantitative estimate of drug-likeness (QED) is 0.632. The van der Waals surface area contributed by atoms with E-state index < -0.39 is 5.82 Å². The van der Waals surface area contributed by atoms with Gasteiger partial charge in [-0.2, -0.15) is 0 Å². The number of likely N-dealkylation sites (tertiary alicyclic amines) is 1. The summed E-state index contributed by atoms with van der Waals surface area (Å²) >= 11 is 5.94. The van der Waals surface area contributed by atoms with E-state index in [0.29, 0.717) is 24.2 Å². The SMILES string of the molecule is O=C1CCCN1CN(C(=O)c1ccc2ccccc2c1)c1ccc(F)c(Cl)c1. The van der Waals surface area contributed by atoms with Crippen molar-refractivity contribution in [3.8, 4) is 0 Å². The minimum absolute atomic E-state index is 0.00419. The number of anilines is 1. The zero-order valence-electron chi connectivity index (χ0n) is 15.1. The van der Waals surface area contributed by atoms with E-state index in [1.807, 2.05) is 36.4 Å². The topological polar surface area (TPSA) is 40.6 Å².